The Hall–Kier alpha value is -4.05. The van der Waals surface area contributed by atoms with Crippen molar-refractivity contribution in [1.29, 1.82) is 0 Å². The summed E-state index contributed by atoms with van der Waals surface area (Å²) in [6.07, 6.45) is 2.69. The molecule has 34 heavy (non-hydrogen) atoms. The Bertz CT molecular complexity index is 1270. The number of methoxy groups -OCH3 is 1. The Kier molecular flexibility index (Phi) is 6.42. The number of carbonyl (C=O) groups is 2. The number of hydrogen-bond acceptors (Lipinski definition) is 7. The molecule has 178 valence electrons. The summed E-state index contributed by atoms with van der Waals surface area (Å²) >= 11 is 0. The van der Waals surface area contributed by atoms with E-state index in [0.717, 1.165) is 46.5 Å². The molecule has 5 rings (SSSR count). The highest BCUT2D eigenvalue weighted by molar-refractivity contribution is 5.91. The van der Waals surface area contributed by atoms with Crippen molar-refractivity contribution in [1.82, 2.24) is 0 Å². The lowest BCUT2D eigenvalue weighted by molar-refractivity contribution is -0.686. The second kappa shape index (κ2) is 9.44. The lowest BCUT2D eigenvalue weighted by Gasteiger charge is -2.16. The maximum atomic E-state index is 10.4. The van der Waals surface area contributed by atoms with Gasteiger partial charge in [-0.25, -0.2) is 0 Å². The summed E-state index contributed by atoms with van der Waals surface area (Å²) in [7, 11) is 1.56. The van der Waals surface area contributed by atoms with Crippen molar-refractivity contribution in [2.24, 2.45) is 5.73 Å². The highest BCUT2D eigenvalue weighted by Gasteiger charge is 2.28. The third kappa shape index (κ3) is 4.53. The van der Waals surface area contributed by atoms with E-state index in [0.29, 0.717) is 5.75 Å². The van der Waals surface area contributed by atoms with Crippen LogP contribution in [0.2, 0.25) is 0 Å². The van der Waals surface area contributed by atoms with Crippen LogP contribution >= 0.6 is 0 Å². The largest absolute Gasteiger partial charge is 0.504 e. The first kappa shape index (κ1) is 23.1. The Morgan fingerprint density at radius 2 is 1.91 bits per heavy atom. The van der Waals surface area contributed by atoms with E-state index >= 15 is 0 Å². The average Bonchev–Trinajstić information content (AvgIpc) is 3.28. The Morgan fingerprint density at radius 1 is 1.18 bits per heavy atom. The number of benzene rings is 2. The van der Waals surface area contributed by atoms with Gasteiger partial charge in [0.05, 0.1) is 18.1 Å². The lowest BCUT2D eigenvalue weighted by Crippen LogP contribution is -2.39. The van der Waals surface area contributed by atoms with E-state index in [1.54, 1.807) is 13.2 Å². The summed E-state index contributed by atoms with van der Waals surface area (Å²) in [5.41, 5.74) is 8.53. The van der Waals surface area contributed by atoms with Crippen LogP contribution in [0.1, 0.15) is 18.4 Å². The zero-order chi connectivity index (χ0) is 24.4. The van der Waals surface area contributed by atoms with Crippen molar-refractivity contribution in [2.45, 2.75) is 31.8 Å². The molecule has 0 saturated heterocycles. The normalized spacial score (nSPS) is 13.8. The highest BCUT2D eigenvalue weighted by Crippen LogP contribution is 2.41. The molecule has 1 aromatic heterocycles. The van der Waals surface area contributed by atoms with E-state index in [4.69, 9.17) is 30.2 Å². The number of aromatic hydroxyl groups is 1. The fourth-order valence-corrected chi connectivity index (χ4v) is 3.98. The predicted molar refractivity (Wildman–Crippen MR) is 120 cm³/mol. The van der Waals surface area contributed by atoms with Gasteiger partial charge in [0.1, 0.15) is 6.04 Å². The molecule has 0 saturated carbocycles. The number of carboxylic acids is 2. The number of ether oxygens (including phenoxy) is 3. The molecule has 5 N–H and O–H groups in total. The standard InChI is InChI=1S/C19H15NO4.C5H9NO4/c1-22-16-3-2-11-6-15-13-8-18-17(23-10-24-18)7-12(13)4-5-20(15)9-14(11)19(16)21;6-3(5(9)10)1-2-4(7)8/h2-3,6-9H,4-5,10H2,1H3;3H,1-2,6H2,(H,7,8)(H,9,10)/p+1. The quantitative estimate of drug-likeness (QED) is 0.411. The van der Waals surface area contributed by atoms with Crippen molar-refractivity contribution in [3.8, 4) is 34.3 Å². The number of hydrogen-bond donors (Lipinski definition) is 4. The zero-order valence-electron chi connectivity index (χ0n) is 18.5. The van der Waals surface area contributed by atoms with Gasteiger partial charge in [-0.05, 0) is 41.6 Å². The van der Waals surface area contributed by atoms with Gasteiger partial charge < -0.3 is 35.3 Å². The van der Waals surface area contributed by atoms with Gasteiger partial charge in [-0.3, -0.25) is 9.59 Å². The van der Waals surface area contributed by atoms with Crippen LogP contribution in [0.4, 0.5) is 0 Å². The number of aromatic nitrogens is 1. The van der Waals surface area contributed by atoms with Gasteiger partial charge in [-0.1, -0.05) is 0 Å². The number of carboxylic acid groups (broad SMARTS) is 2. The van der Waals surface area contributed by atoms with Crippen LogP contribution in [0.25, 0.3) is 22.0 Å². The number of fused-ring (bicyclic) bond motifs is 5. The Labute approximate surface area is 194 Å². The van der Waals surface area contributed by atoms with Crippen LogP contribution < -0.4 is 24.5 Å². The monoisotopic (exact) mass is 469 g/mol. The first-order valence-corrected chi connectivity index (χ1v) is 10.6. The lowest BCUT2D eigenvalue weighted by atomic mass is 9.95. The van der Waals surface area contributed by atoms with Crippen LogP contribution in [0.5, 0.6) is 23.0 Å². The maximum absolute atomic E-state index is 10.4. The first-order chi connectivity index (χ1) is 16.3. The minimum absolute atomic E-state index is 0.0231. The molecule has 2 aliphatic heterocycles. The molecule has 0 aliphatic carbocycles. The van der Waals surface area contributed by atoms with E-state index in [1.165, 1.54) is 5.56 Å². The summed E-state index contributed by atoms with van der Waals surface area (Å²) in [4.78, 5) is 19.9. The molecule has 3 aromatic rings. The maximum Gasteiger partial charge on any atom is 0.320 e. The van der Waals surface area contributed by atoms with E-state index in [9.17, 15) is 14.7 Å². The van der Waals surface area contributed by atoms with Gasteiger partial charge in [-0.2, -0.15) is 4.57 Å². The molecule has 10 nitrogen and oxygen atoms in total. The number of phenolic OH excluding ortho intramolecular Hbond substituents is 1. The minimum Gasteiger partial charge on any atom is -0.504 e. The summed E-state index contributed by atoms with van der Waals surface area (Å²) in [5, 5.41) is 28.4. The highest BCUT2D eigenvalue weighted by atomic mass is 16.7. The topological polar surface area (TPSA) is 152 Å². The Balaban J connectivity index is 0.000000235. The fraction of sp³-hybridized carbons (Fsp3) is 0.292. The number of aryl methyl sites for hydroxylation is 2. The summed E-state index contributed by atoms with van der Waals surface area (Å²) in [6, 6.07) is 8.94. The predicted octanol–water partition coefficient (Wildman–Crippen LogP) is 2.06. The zero-order valence-corrected chi connectivity index (χ0v) is 18.5. The van der Waals surface area contributed by atoms with Crippen LogP contribution in [0, 0.1) is 0 Å². The molecule has 3 heterocycles. The number of nitrogens with two attached hydrogens (primary N) is 1. The minimum atomic E-state index is -1.17. The van der Waals surface area contributed by atoms with E-state index in [1.807, 2.05) is 12.3 Å². The molecule has 1 unspecified atom stereocenters. The van der Waals surface area contributed by atoms with Crippen molar-refractivity contribution >= 4 is 22.7 Å². The average molecular weight is 469 g/mol. The third-order valence-corrected chi connectivity index (χ3v) is 5.80. The summed E-state index contributed by atoms with van der Waals surface area (Å²) in [5.74, 6) is 0.0904. The molecule has 0 amide bonds. The van der Waals surface area contributed by atoms with Crippen LogP contribution in [0.15, 0.2) is 36.5 Å². The Morgan fingerprint density at radius 3 is 2.59 bits per heavy atom. The molecule has 2 aromatic carbocycles. The molecule has 0 bridgehead atoms. The van der Waals surface area contributed by atoms with Crippen LogP contribution in [-0.2, 0) is 22.6 Å². The fourth-order valence-electron chi connectivity index (χ4n) is 3.98. The molecule has 2 aliphatic rings. The number of pyridine rings is 1. The summed E-state index contributed by atoms with van der Waals surface area (Å²) < 4.78 is 18.4. The van der Waals surface area contributed by atoms with Gasteiger partial charge in [0.25, 0.3) is 0 Å². The number of rotatable bonds is 5. The van der Waals surface area contributed by atoms with Crippen LogP contribution in [0.3, 0.4) is 0 Å². The smallest absolute Gasteiger partial charge is 0.320 e. The molecule has 1 atom stereocenters. The van der Waals surface area contributed by atoms with Gasteiger partial charge in [0.2, 0.25) is 12.5 Å². The molecule has 0 radical (unpaired) electrons. The number of aliphatic carboxylic acids is 2. The molecule has 10 heteroatoms. The van der Waals surface area contributed by atoms with Gasteiger partial charge >= 0.3 is 11.9 Å². The van der Waals surface area contributed by atoms with Gasteiger partial charge in [0, 0.05) is 18.9 Å². The molecule has 0 fully saturated rings. The molecular formula is C24H25N2O8+. The van der Waals surface area contributed by atoms with E-state index in [-0.39, 0.29) is 25.4 Å². The van der Waals surface area contributed by atoms with E-state index < -0.39 is 18.0 Å². The van der Waals surface area contributed by atoms with Crippen molar-refractivity contribution in [2.75, 3.05) is 13.9 Å². The molecular weight excluding hydrogens is 444 g/mol. The van der Waals surface area contributed by atoms with Gasteiger partial charge in [0.15, 0.2) is 35.7 Å². The second-order valence-corrected chi connectivity index (χ2v) is 7.96. The number of nitrogens with zero attached hydrogens (tertiary/aromatic N) is 1. The second-order valence-electron chi connectivity index (χ2n) is 7.96. The number of phenols is 1. The molecule has 0 spiro atoms. The van der Waals surface area contributed by atoms with Crippen molar-refractivity contribution in [3.05, 3.63) is 42.1 Å². The van der Waals surface area contributed by atoms with Gasteiger partial charge in [-0.15, -0.1) is 0 Å². The third-order valence-electron chi connectivity index (χ3n) is 5.80. The van der Waals surface area contributed by atoms with Crippen molar-refractivity contribution in [3.63, 3.8) is 0 Å². The SMILES string of the molecule is COc1ccc2cc3[n+](cc2c1O)CCc1cc2c(cc1-3)OCO2.NC(CCC(=O)O)C(=O)O. The van der Waals surface area contributed by atoms with E-state index in [2.05, 4.69) is 22.8 Å². The first-order valence-electron chi connectivity index (χ1n) is 10.6. The van der Waals surface area contributed by atoms with Crippen molar-refractivity contribution < 1.29 is 43.7 Å². The summed E-state index contributed by atoms with van der Waals surface area (Å²) in [6.45, 7) is 1.14. The van der Waals surface area contributed by atoms with Crippen LogP contribution in [-0.4, -0.2) is 47.2 Å².